The van der Waals surface area contributed by atoms with Crippen molar-refractivity contribution in [2.45, 2.75) is 6.42 Å². The topological polar surface area (TPSA) is 58.8 Å². The smallest absolute Gasteiger partial charge is 0.246 e. The minimum atomic E-state index is -0.191. The number of nitrogens with one attached hydrogen (secondary N) is 1. The highest BCUT2D eigenvalue weighted by Crippen LogP contribution is 2.25. The first kappa shape index (κ1) is 18.9. The minimum Gasteiger partial charge on any atom is -0.294 e. The molecular weight excluding hydrogens is 460 g/mol. The van der Waals surface area contributed by atoms with Gasteiger partial charge in [-0.05, 0) is 29.8 Å². The number of fused-ring (bicyclic) bond motifs is 1. The van der Waals surface area contributed by atoms with E-state index in [9.17, 15) is 4.79 Å². The molecule has 1 amide bonds. The average Bonchev–Trinajstić information content (AvgIpc) is 3.26. The summed E-state index contributed by atoms with van der Waals surface area (Å²) in [7, 11) is 0. The van der Waals surface area contributed by atoms with Crippen LogP contribution in [0.4, 0.5) is 0 Å². The number of carbonyl (C=O) groups is 1. The quantitative estimate of drug-likeness (QED) is 0.321. The van der Waals surface area contributed by atoms with Crippen molar-refractivity contribution >= 4 is 56.0 Å². The van der Waals surface area contributed by atoms with E-state index in [0.29, 0.717) is 5.02 Å². The van der Waals surface area contributed by atoms with Gasteiger partial charge >= 0.3 is 0 Å². The zero-order valence-corrected chi connectivity index (χ0v) is 17.6. The van der Waals surface area contributed by atoms with Crippen LogP contribution in [0.15, 0.2) is 69.7 Å². The Hall–Kier alpha value is -2.48. The molecule has 8 heteroatoms. The normalized spacial score (nSPS) is 11.4. The molecule has 2 heterocycles. The summed E-state index contributed by atoms with van der Waals surface area (Å²) in [5, 5.41) is 6.60. The van der Waals surface area contributed by atoms with Crippen molar-refractivity contribution in [1.29, 1.82) is 0 Å². The van der Waals surface area contributed by atoms with Gasteiger partial charge in [0.2, 0.25) is 5.91 Å². The van der Waals surface area contributed by atoms with Gasteiger partial charge < -0.3 is 0 Å². The lowest BCUT2D eigenvalue weighted by Crippen LogP contribution is -2.20. The van der Waals surface area contributed by atoms with Crippen molar-refractivity contribution in [2.24, 2.45) is 5.10 Å². The van der Waals surface area contributed by atoms with Gasteiger partial charge in [0, 0.05) is 32.3 Å². The Morgan fingerprint density at radius 3 is 2.71 bits per heavy atom. The minimum absolute atomic E-state index is 0.191. The molecule has 0 saturated heterocycles. The Balaban J connectivity index is 1.44. The van der Waals surface area contributed by atoms with E-state index < -0.39 is 0 Å². The molecule has 140 valence electrons. The number of hydrazone groups is 1. The predicted molar refractivity (Wildman–Crippen MR) is 117 cm³/mol. The lowest BCUT2D eigenvalue weighted by Gasteiger charge is -2.00. The van der Waals surface area contributed by atoms with Gasteiger partial charge in [0.05, 0.1) is 18.3 Å². The van der Waals surface area contributed by atoms with Gasteiger partial charge in [-0.1, -0.05) is 51.8 Å². The van der Waals surface area contributed by atoms with Gasteiger partial charge in [-0.15, -0.1) is 11.3 Å². The molecular formula is C20H14BrClN4OS. The van der Waals surface area contributed by atoms with Gasteiger partial charge in [-0.25, -0.2) is 10.4 Å². The second-order valence-corrected chi connectivity index (χ2v) is 8.22. The van der Waals surface area contributed by atoms with Crippen LogP contribution in [0, 0.1) is 0 Å². The van der Waals surface area contributed by atoms with Crippen molar-refractivity contribution in [3.8, 4) is 11.3 Å². The molecule has 0 spiro atoms. The van der Waals surface area contributed by atoms with Crippen LogP contribution in [-0.2, 0) is 11.2 Å². The average molecular weight is 474 g/mol. The Labute approximate surface area is 178 Å². The first-order valence-electron chi connectivity index (χ1n) is 8.37. The number of halogens is 2. The van der Waals surface area contributed by atoms with E-state index in [0.717, 1.165) is 31.9 Å². The van der Waals surface area contributed by atoms with Crippen LogP contribution in [0.2, 0.25) is 5.02 Å². The molecule has 0 fully saturated rings. The molecule has 1 N–H and O–H groups in total. The Morgan fingerprint density at radius 2 is 1.96 bits per heavy atom. The fourth-order valence-electron chi connectivity index (χ4n) is 2.65. The van der Waals surface area contributed by atoms with Gasteiger partial charge in [0.25, 0.3) is 0 Å². The van der Waals surface area contributed by atoms with Crippen LogP contribution in [0.25, 0.3) is 16.2 Å². The number of thiazole rings is 1. The Morgan fingerprint density at radius 1 is 1.21 bits per heavy atom. The van der Waals surface area contributed by atoms with Crippen molar-refractivity contribution < 1.29 is 4.79 Å². The largest absolute Gasteiger partial charge is 0.294 e. The molecule has 0 unspecified atom stereocenters. The summed E-state index contributed by atoms with van der Waals surface area (Å²) in [6.45, 7) is 0. The van der Waals surface area contributed by atoms with Crippen LogP contribution in [-0.4, -0.2) is 21.5 Å². The van der Waals surface area contributed by atoms with Crippen molar-refractivity contribution in [1.82, 2.24) is 14.8 Å². The Kier molecular flexibility index (Phi) is 5.57. The summed E-state index contributed by atoms with van der Waals surface area (Å²) in [4.78, 5) is 17.7. The molecule has 4 rings (SSSR count). The molecule has 2 aromatic carbocycles. The maximum absolute atomic E-state index is 12.2. The van der Waals surface area contributed by atoms with Crippen LogP contribution in [0.3, 0.4) is 0 Å². The van der Waals surface area contributed by atoms with Gasteiger partial charge in [0.15, 0.2) is 4.96 Å². The number of hydrogen-bond donors (Lipinski definition) is 1. The second kappa shape index (κ2) is 8.26. The van der Waals surface area contributed by atoms with Crippen LogP contribution in [0.5, 0.6) is 0 Å². The van der Waals surface area contributed by atoms with Crippen molar-refractivity contribution in [3.63, 3.8) is 0 Å². The number of carbonyl (C=O) groups excluding carboxylic acids is 1. The van der Waals surface area contributed by atoms with E-state index in [1.54, 1.807) is 18.3 Å². The van der Waals surface area contributed by atoms with Gasteiger partial charge in [-0.3, -0.25) is 9.20 Å². The first-order valence-corrected chi connectivity index (χ1v) is 10.4. The summed E-state index contributed by atoms with van der Waals surface area (Å²) in [5.41, 5.74) is 6.19. The van der Waals surface area contributed by atoms with Gasteiger partial charge in [0.1, 0.15) is 0 Å². The van der Waals surface area contributed by atoms with E-state index in [2.05, 4.69) is 31.4 Å². The third kappa shape index (κ3) is 4.32. The van der Waals surface area contributed by atoms with Crippen LogP contribution >= 0.6 is 38.9 Å². The number of amides is 1. The molecule has 0 saturated carbocycles. The fourth-order valence-corrected chi connectivity index (χ4v) is 3.91. The molecule has 4 aromatic rings. The predicted octanol–water partition coefficient (Wildman–Crippen LogP) is 5.17. The number of aromatic nitrogens is 2. The third-order valence-corrected chi connectivity index (χ3v) is 5.71. The number of nitrogens with zero attached hydrogens (tertiary/aromatic N) is 3. The monoisotopic (exact) mass is 472 g/mol. The maximum Gasteiger partial charge on any atom is 0.246 e. The highest BCUT2D eigenvalue weighted by Gasteiger charge is 2.12. The van der Waals surface area contributed by atoms with Crippen LogP contribution < -0.4 is 5.43 Å². The molecule has 2 aromatic heterocycles. The third-order valence-electron chi connectivity index (χ3n) is 4.04. The van der Waals surface area contributed by atoms with Gasteiger partial charge in [-0.2, -0.15) is 5.10 Å². The lowest BCUT2D eigenvalue weighted by atomic mass is 10.2. The molecule has 0 radical (unpaired) electrons. The molecule has 0 aliphatic heterocycles. The summed E-state index contributed by atoms with van der Waals surface area (Å²) in [6.07, 6.45) is 3.75. The fraction of sp³-hybridized carbons (Fsp3) is 0.0500. The molecule has 28 heavy (non-hydrogen) atoms. The SMILES string of the molecule is O=C(Cc1csc2nc(-c3ccc(Br)cc3)cn12)N/N=C/c1ccc(Cl)cc1. The van der Waals surface area contributed by atoms with Crippen molar-refractivity contribution in [2.75, 3.05) is 0 Å². The zero-order chi connectivity index (χ0) is 19.5. The lowest BCUT2D eigenvalue weighted by molar-refractivity contribution is -0.120. The van der Waals surface area contributed by atoms with E-state index >= 15 is 0 Å². The maximum atomic E-state index is 12.2. The summed E-state index contributed by atoms with van der Waals surface area (Å²) in [5.74, 6) is -0.191. The highest BCUT2D eigenvalue weighted by molar-refractivity contribution is 9.10. The second-order valence-electron chi connectivity index (χ2n) is 6.03. The van der Waals surface area contributed by atoms with E-state index in [4.69, 9.17) is 11.6 Å². The molecule has 0 aliphatic rings. The summed E-state index contributed by atoms with van der Waals surface area (Å²) >= 11 is 10.8. The molecule has 0 aliphatic carbocycles. The number of imidazole rings is 1. The van der Waals surface area contributed by atoms with Crippen molar-refractivity contribution in [3.05, 3.63) is 80.9 Å². The number of benzene rings is 2. The molecule has 0 atom stereocenters. The zero-order valence-electron chi connectivity index (χ0n) is 14.5. The highest BCUT2D eigenvalue weighted by atomic mass is 79.9. The molecule has 5 nitrogen and oxygen atoms in total. The number of rotatable bonds is 5. The standard InChI is InChI=1S/C20H14BrClN4OS/c21-15-5-3-14(4-6-15)18-11-26-17(12-28-20(26)24-18)9-19(27)25-23-10-13-1-7-16(22)8-2-13/h1-8,10-12H,9H2,(H,25,27)/b23-10+. The molecule has 0 bridgehead atoms. The van der Waals surface area contributed by atoms with E-state index in [1.807, 2.05) is 52.4 Å². The Bertz CT molecular complexity index is 1150. The summed E-state index contributed by atoms with van der Waals surface area (Å²) in [6, 6.07) is 15.2. The van der Waals surface area contributed by atoms with E-state index in [1.165, 1.54) is 11.3 Å². The summed E-state index contributed by atoms with van der Waals surface area (Å²) < 4.78 is 2.97. The van der Waals surface area contributed by atoms with E-state index in [-0.39, 0.29) is 12.3 Å². The number of hydrogen-bond acceptors (Lipinski definition) is 4. The van der Waals surface area contributed by atoms with Crippen LogP contribution in [0.1, 0.15) is 11.3 Å². The first-order chi connectivity index (χ1) is 13.6.